The minimum Gasteiger partial charge on any atom is -0.310 e. The average molecular weight is 792 g/mol. The molecule has 5 heteroatoms. The molecule has 2 aromatic heterocycles. The van der Waals surface area contributed by atoms with Gasteiger partial charge in [-0.3, -0.25) is 0 Å². The highest BCUT2D eigenvalue weighted by atomic mass is 32.1. The SMILES string of the molecule is c1ccc(N(c2ccc3sc4cccc(N(c5ccccc5)c5ccccc5)c4c3c2)c2ccc3sc4cccc(N(c5ccccc5)c5ccccc5)c4c3c2)cc1. The minimum atomic E-state index is 1.11. The van der Waals surface area contributed by atoms with Gasteiger partial charge in [0.2, 0.25) is 0 Å². The largest absolute Gasteiger partial charge is 0.310 e. The van der Waals surface area contributed by atoms with Crippen molar-refractivity contribution in [2.45, 2.75) is 0 Å². The maximum atomic E-state index is 2.41. The fourth-order valence-electron chi connectivity index (χ4n) is 8.43. The van der Waals surface area contributed by atoms with Gasteiger partial charge in [0.1, 0.15) is 0 Å². The third-order valence-electron chi connectivity index (χ3n) is 11.0. The molecule has 0 aliphatic rings. The Balaban J connectivity index is 1.11. The normalized spacial score (nSPS) is 11.4. The molecule has 0 aliphatic carbocycles. The first kappa shape index (κ1) is 35.0. The Kier molecular flexibility index (Phi) is 8.88. The summed E-state index contributed by atoms with van der Waals surface area (Å²) in [6.45, 7) is 0. The van der Waals surface area contributed by atoms with Crippen molar-refractivity contribution in [2.24, 2.45) is 0 Å². The molecule has 9 aromatic carbocycles. The Labute approximate surface area is 351 Å². The molecule has 0 radical (unpaired) electrons. The van der Waals surface area contributed by atoms with Gasteiger partial charge in [-0.25, -0.2) is 0 Å². The molecule has 2 heterocycles. The van der Waals surface area contributed by atoms with E-state index < -0.39 is 0 Å². The summed E-state index contributed by atoms with van der Waals surface area (Å²) in [5, 5.41) is 4.98. The molecule has 0 amide bonds. The van der Waals surface area contributed by atoms with E-state index in [1.807, 2.05) is 22.7 Å². The number of thiophene rings is 2. The maximum absolute atomic E-state index is 2.41. The first-order chi connectivity index (χ1) is 29.3. The van der Waals surface area contributed by atoms with Gasteiger partial charge in [-0.15, -0.1) is 22.7 Å². The van der Waals surface area contributed by atoms with Crippen LogP contribution >= 0.6 is 22.7 Å². The summed E-state index contributed by atoms with van der Waals surface area (Å²) in [5.41, 5.74) is 10.2. The Morgan fingerprint density at radius 2 is 0.559 bits per heavy atom. The van der Waals surface area contributed by atoms with Gasteiger partial charge in [-0.05, 0) is 121 Å². The van der Waals surface area contributed by atoms with Crippen molar-refractivity contribution in [3.8, 4) is 0 Å². The quantitative estimate of drug-likeness (QED) is 0.144. The zero-order valence-corrected chi connectivity index (χ0v) is 33.7. The van der Waals surface area contributed by atoms with Gasteiger partial charge in [0, 0.05) is 80.2 Å². The standard InChI is InChI=1S/C54H37N3S2/c1-6-18-38(19-7-1)55(43-32-34-49-45(36-43)53-47(28-16-30-51(53)58-49)56(39-20-8-2-9-21-39)40-22-10-3-11-23-40)44-33-35-50-46(37-44)54-48(29-17-31-52(54)59-50)57(41-24-12-4-13-25-41)42-26-14-5-15-27-42/h1-37H. The number of hydrogen-bond donors (Lipinski definition) is 0. The number of nitrogens with zero attached hydrogens (tertiary/aromatic N) is 3. The molecule has 59 heavy (non-hydrogen) atoms. The lowest BCUT2D eigenvalue weighted by Gasteiger charge is -2.27. The van der Waals surface area contributed by atoms with Crippen LogP contribution in [0.2, 0.25) is 0 Å². The van der Waals surface area contributed by atoms with Gasteiger partial charge >= 0.3 is 0 Å². The van der Waals surface area contributed by atoms with Gasteiger partial charge in [0.15, 0.2) is 0 Å². The summed E-state index contributed by atoms with van der Waals surface area (Å²) in [6.07, 6.45) is 0. The zero-order chi connectivity index (χ0) is 39.1. The Bertz CT molecular complexity index is 2940. The van der Waals surface area contributed by atoms with Crippen LogP contribution in [-0.4, -0.2) is 0 Å². The van der Waals surface area contributed by atoms with E-state index in [9.17, 15) is 0 Å². The highest BCUT2D eigenvalue weighted by molar-refractivity contribution is 7.26. The van der Waals surface area contributed by atoms with Crippen molar-refractivity contribution in [3.05, 3.63) is 224 Å². The number of anilines is 9. The first-order valence-corrected chi connectivity index (χ1v) is 21.5. The van der Waals surface area contributed by atoms with Gasteiger partial charge in [0.25, 0.3) is 0 Å². The van der Waals surface area contributed by atoms with Crippen LogP contribution in [0.15, 0.2) is 224 Å². The van der Waals surface area contributed by atoms with Gasteiger partial charge in [0.05, 0.1) is 11.4 Å². The van der Waals surface area contributed by atoms with Gasteiger partial charge in [-0.2, -0.15) is 0 Å². The second-order valence-electron chi connectivity index (χ2n) is 14.5. The number of rotatable bonds is 9. The molecule has 3 nitrogen and oxygen atoms in total. The molecule has 11 rings (SSSR count). The summed E-state index contributed by atoms with van der Waals surface area (Å²) in [5.74, 6) is 0. The van der Waals surface area contributed by atoms with Crippen LogP contribution in [0, 0.1) is 0 Å². The molecular formula is C54H37N3S2. The van der Waals surface area contributed by atoms with Crippen LogP contribution in [0.25, 0.3) is 40.3 Å². The van der Waals surface area contributed by atoms with E-state index in [2.05, 4.69) is 239 Å². The average Bonchev–Trinajstić information content (AvgIpc) is 3.87. The molecule has 0 N–H and O–H groups in total. The van der Waals surface area contributed by atoms with E-state index in [4.69, 9.17) is 0 Å². The molecule has 0 atom stereocenters. The Morgan fingerprint density at radius 1 is 0.237 bits per heavy atom. The Hall–Kier alpha value is -7.18. The van der Waals surface area contributed by atoms with Crippen LogP contribution in [0.1, 0.15) is 0 Å². The zero-order valence-electron chi connectivity index (χ0n) is 32.0. The molecule has 0 unspecified atom stereocenters. The van der Waals surface area contributed by atoms with Gasteiger partial charge in [-0.1, -0.05) is 103 Å². The van der Waals surface area contributed by atoms with E-state index in [0.717, 1.165) is 51.2 Å². The molecule has 280 valence electrons. The topological polar surface area (TPSA) is 9.72 Å². The van der Waals surface area contributed by atoms with Crippen LogP contribution in [-0.2, 0) is 0 Å². The smallest absolute Gasteiger partial charge is 0.0554 e. The summed E-state index contributed by atoms with van der Waals surface area (Å²) < 4.78 is 5.04. The number of fused-ring (bicyclic) bond motifs is 6. The first-order valence-electron chi connectivity index (χ1n) is 19.8. The number of para-hydroxylation sites is 5. The number of benzene rings is 9. The predicted molar refractivity (Wildman–Crippen MR) is 256 cm³/mol. The van der Waals surface area contributed by atoms with E-state index in [1.54, 1.807) is 0 Å². The predicted octanol–water partition coefficient (Wildman–Crippen LogP) is 16.8. The molecular weight excluding hydrogens is 755 g/mol. The monoisotopic (exact) mass is 791 g/mol. The van der Waals surface area contributed by atoms with E-state index in [0.29, 0.717) is 0 Å². The van der Waals surface area contributed by atoms with Crippen LogP contribution in [0.5, 0.6) is 0 Å². The Morgan fingerprint density at radius 3 is 0.898 bits per heavy atom. The molecule has 11 aromatic rings. The van der Waals surface area contributed by atoms with E-state index in [-0.39, 0.29) is 0 Å². The second kappa shape index (κ2) is 15.0. The van der Waals surface area contributed by atoms with Crippen molar-refractivity contribution in [3.63, 3.8) is 0 Å². The van der Waals surface area contributed by atoms with E-state index >= 15 is 0 Å². The summed E-state index contributed by atoms with van der Waals surface area (Å²) in [4.78, 5) is 7.18. The van der Waals surface area contributed by atoms with Crippen LogP contribution in [0.4, 0.5) is 51.2 Å². The van der Waals surface area contributed by atoms with Crippen molar-refractivity contribution >= 4 is 114 Å². The lowest BCUT2D eigenvalue weighted by atomic mass is 10.1. The fraction of sp³-hybridized carbons (Fsp3) is 0. The molecule has 0 saturated heterocycles. The second-order valence-corrected chi connectivity index (χ2v) is 16.7. The molecule has 0 saturated carbocycles. The number of hydrogen-bond acceptors (Lipinski definition) is 5. The molecule has 0 fully saturated rings. The lowest BCUT2D eigenvalue weighted by molar-refractivity contribution is 1.29. The highest BCUT2D eigenvalue weighted by Crippen LogP contribution is 2.49. The van der Waals surface area contributed by atoms with Crippen molar-refractivity contribution in [1.82, 2.24) is 0 Å². The minimum absolute atomic E-state index is 1.11. The summed E-state index contributed by atoms with van der Waals surface area (Å²) in [6, 6.07) is 80.9. The maximum Gasteiger partial charge on any atom is 0.0554 e. The van der Waals surface area contributed by atoms with Crippen LogP contribution in [0.3, 0.4) is 0 Å². The highest BCUT2D eigenvalue weighted by Gasteiger charge is 2.22. The van der Waals surface area contributed by atoms with Crippen molar-refractivity contribution in [1.29, 1.82) is 0 Å². The van der Waals surface area contributed by atoms with E-state index in [1.165, 1.54) is 40.3 Å². The van der Waals surface area contributed by atoms with Gasteiger partial charge < -0.3 is 14.7 Å². The molecule has 0 aliphatic heterocycles. The van der Waals surface area contributed by atoms with Crippen LogP contribution < -0.4 is 14.7 Å². The lowest BCUT2D eigenvalue weighted by Crippen LogP contribution is -2.11. The molecule has 0 spiro atoms. The summed E-state index contributed by atoms with van der Waals surface area (Å²) >= 11 is 3.70. The van der Waals surface area contributed by atoms with Crippen molar-refractivity contribution < 1.29 is 0 Å². The third-order valence-corrected chi connectivity index (χ3v) is 13.3. The van der Waals surface area contributed by atoms with Crippen molar-refractivity contribution in [2.75, 3.05) is 14.7 Å². The summed E-state index contributed by atoms with van der Waals surface area (Å²) in [7, 11) is 0. The fourth-order valence-corrected chi connectivity index (χ4v) is 10.6. The molecule has 0 bridgehead atoms. The third kappa shape index (κ3) is 6.29.